The number of rotatable bonds is 6. The standard InChI is InChI=1S/C12H13BrClNO3S2/c1-2-15(8-10-4-3-5-19-10)20(16,17)11-6-9(7-14)18-12(11)13/h3-6H,2,7-8H2,1H3. The number of halogens is 2. The third-order valence-electron chi connectivity index (χ3n) is 2.72. The Balaban J connectivity index is 2.33. The summed E-state index contributed by atoms with van der Waals surface area (Å²) in [6.07, 6.45) is 0. The van der Waals surface area contributed by atoms with Gasteiger partial charge in [0, 0.05) is 24.0 Å². The Kier molecular flexibility index (Phi) is 5.30. The van der Waals surface area contributed by atoms with E-state index in [1.165, 1.54) is 21.7 Å². The van der Waals surface area contributed by atoms with Crippen LogP contribution in [0.5, 0.6) is 0 Å². The monoisotopic (exact) mass is 397 g/mol. The molecule has 0 radical (unpaired) electrons. The maximum absolute atomic E-state index is 12.6. The summed E-state index contributed by atoms with van der Waals surface area (Å²) in [6, 6.07) is 5.28. The third kappa shape index (κ3) is 3.28. The first-order chi connectivity index (χ1) is 9.48. The van der Waals surface area contributed by atoms with Crippen LogP contribution in [0.3, 0.4) is 0 Å². The van der Waals surface area contributed by atoms with Gasteiger partial charge in [0.1, 0.15) is 10.7 Å². The van der Waals surface area contributed by atoms with Gasteiger partial charge in [0.2, 0.25) is 10.0 Å². The Morgan fingerprint density at radius 3 is 2.75 bits per heavy atom. The maximum Gasteiger partial charge on any atom is 0.247 e. The van der Waals surface area contributed by atoms with E-state index < -0.39 is 10.0 Å². The van der Waals surface area contributed by atoms with Crippen LogP contribution >= 0.6 is 38.9 Å². The topological polar surface area (TPSA) is 50.5 Å². The lowest BCUT2D eigenvalue weighted by Gasteiger charge is -2.18. The van der Waals surface area contributed by atoms with Gasteiger partial charge in [-0.25, -0.2) is 8.42 Å². The van der Waals surface area contributed by atoms with E-state index in [0.29, 0.717) is 18.8 Å². The van der Waals surface area contributed by atoms with E-state index in [-0.39, 0.29) is 15.4 Å². The molecule has 0 aromatic carbocycles. The number of furan rings is 1. The van der Waals surface area contributed by atoms with Gasteiger partial charge >= 0.3 is 0 Å². The van der Waals surface area contributed by atoms with Gasteiger partial charge in [0.05, 0.1) is 5.88 Å². The molecule has 0 saturated carbocycles. The summed E-state index contributed by atoms with van der Waals surface area (Å²) in [6.45, 7) is 2.54. The number of sulfonamides is 1. The van der Waals surface area contributed by atoms with Gasteiger partial charge in [-0.2, -0.15) is 4.31 Å². The van der Waals surface area contributed by atoms with Crippen LogP contribution in [0.15, 0.2) is 37.6 Å². The lowest BCUT2D eigenvalue weighted by molar-refractivity contribution is 0.423. The summed E-state index contributed by atoms with van der Waals surface area (Å²) in [5.74, 6) is 0.551. The summed E-state index contributed by atoms with van der Waals surface area (Å²) in [4.78, 5) is 1.11. The first-order valence-electron chi connectivity index (χ1n) is 5.85. The number of alkyl halides is 1. The van der Waals surface area contributed by atoms with E-state index >= 15 is 0 Å². The van der Waals surface area contributed by atoms with E-state index in [0.717, 1.165) is 4.88 Å². The van der Waals surface area contributed by atoms with Gasteiger partial charge in [-0.05, 0) is 27.4 Å². The van der Waals surface area contributed by atoms with Gasteiger partial charge in [-0.15, -0.1) is 22.9 Å². The average molecular weight is 399 g/mol. The van der Waals surface area contributed by atoms with Gasteiger partial charge in [-0.3, -0.25) is 0 Å². The highest BCUT2D eigenvalue weighted by Crippen LogP contribution is 2.30. The Morgan fingerprint density at radius 2 is 2.25 bits per heavy atom. The molecule has 0 fully saturated rings. The largest absolute Gasteiger partial charge is 0.452 e. The smallest absolute Gasteiger partial charge is 0.247 e. The highest BCUT2D eigenvalue weighted by molar-refractivity contribution is 9.10. The molecule has 0 unspecified atom stereocenters. The lowest BCUT2D eigenvalue weighted by atomic mass is 10.4. The molecule has 8 heteroatoms. The second-order valence-electron chi connectivity index (χ2n) is 3.99. The fourth-order valence-corrected chi connectivity index (χ4v) is 5.04. The molecule has 0 amide bonds. The van der Waals surface area contributed by atoms with Crippen molar-refractivity contribution in [3.8, 4) is 0 Å². The van der Waals surface area contributed by atoms with Crippen molar-refractivity contribution in [3.05, 3.63) is 38.9 Å². The van der Waals surface area contributed by atoms with Crippen LogP contribution in [0.25, 0.3) is 0 Å². The number of thiophene rings is 1. The van der Waals surface area contributed by atoms with Crippen molar-refractivity contribution in [2.75, 3.05) is 6.54 Å². The fourth-order valence-electron chi connectivity index (χ4n) is 1.72. The second-order valence-corrected chi connectivity index (χ2v) is 7.92. The van der Waals surface area contributed by atoms with E-state index in [1.54, 1.807) is 0 Å². The van der Waals surface area contributed by atoms with Gasteiger partial charge < -0.3 is 4.42 Å². The minimum Gasteiger partial charge on any atom is -0.452 e. The molecule has 0 aliphatic rings. The summed E-state index contributed by atoms with van der Waals surface area (Å²) < 4.78 is 32.1. The summed E-state index contributed by atoms with van der Waals surface area (Å²) in [5, 5.41) is 1.93. The molecule has 20 heavy (non-hydrogen) atoms. The molecular formula is C12H13BrClNO3S2. The lowest BCUT2D eigenvalue weighted by Crippen LogP contribution is -2.30. The molecule has 2 rings (SSSR count). The first-order valence-corrected chi connectivity index (χ1v) is 9.50. The number of hydrogen-bond donors (Lipinski definition) is 0. The van der Waals surface area contributed by atoms with Crippen molar-refractivity contribution in [1.29, 1.82) is 0 Å². The molecule has 0 spiro atoms. The molecular weight excluding hydrogens is 386 g/mol. The second kappa shape index (κ2) is 6.62. The average Bonchev–Trinajstić information content (AvgIpc) is 3.04. The zero-order chi connectivity index (χ0) is 14.8. The van der Waals surface area contributed by atoms with Crippen molar-refractivity contribution in [1.82, 2.24) is 4.31 Å². The van der Waals surface area contributed by atoms with Crippen LogP contribution in [-0.2, 0) is 22.4 Å². The molecule has 4 nitrogen and oxygen atoms in total. The van der Waals surface area contributed by atoms with Crippen LogP contribution in [0, 0.1) is 0 Å². The highest BCUT2D eigenvalue weighted by Gasteiger charge is 2.28. The van der Waals surface area contributed by atoms with Crippen LogP contribution in [0.4, 0.5) is 0 Å². The predicted molar refractivity (Wildman–Crippen MR) is 83.6 cm³/mol. The predicted octanol–water partition coefficient (Wildman–Crippen LogP) is 4.05. The summed E-state index contributed by atoms with van der Waals surface area (Å²) in [5.41, 5.74) is 0. The molecule has 2 aromatic heterocycles. The third-order valence-corrected chi connectivity index (χ3v) is 6.62. The van der Waals surface area contributed by atoms with Crippen LogP contribution in [0.1, 0.15) is 17.6 Å². The highest BCUT2D eigenvalue weighted by atomic mass is 79.9. The quantitative estimate of drug-likeness (QED) is 0.690. The Hall–Kier alpha value is -0.340. The SMILES string of the molecule is CCN(Cc1cccs1)S(=O)(=O)c1cc(CCl)oc1Br. The van der Waals surface area contributed by atoms with Gasteiger partial charge in [0.25, 0.3) is 0 Å². The fraction of sp³-hybridized carbons (Fsp3) is 0.333. The van der Waals surface area contributed by atoms with E-state index in [1.807, 2.05) is 24.4 Å². The Labute approximate surface area is 135 Å². The van der Waals surface area contributed by atoms with E-state index in [4.69, 9.17) is 16.0 Å². The van der Waals surface area contributed by atoms with E-state index in [2.05, 4.69) is 15.9 Å². The zero-order valence-electron chi connectivity index (χ0n) is 10.7. The van der Waals surface area contributed by atoms with E-state index in [9.17, 15) is 8.42 Å². The molecule has 0 saturated heterocycles. The van der Waals surface area contributed by atoms with Gasteiger partial charge in [0.15, 0.2) is 4.67 Å². The number of nitrogens with zero attached hydrogens (tertiary/aromatic N) is 1. The Morgan fingerprint density at radius 1 is 1.50 bits per heavy atom. The summed E-state index contributed by atoms with van der Waals surface area (Å²) >= 11 is 10.3. The van der Waals surface area contributed by atoms with Crippen LogP contribution in [0.2, 0.25) is 0 Å². The minimum absolute atomic E-state index is 0.117. The van der Waals surface area contributed by atoms with Crippen molar-refractivity contribution < 1.29 is 12.8 Å². The molecule has 0 atom stereocenters. The maximum atomic E-state index is 12.6. The molecule has 2 heterocycles. The normalized spacial score (nSPS) is 12.2. The first kappa shape index (κ1) is 16.0. The van der Waals surface area contributed by atoms with Crippen molar-refractivity contribution >= 4 is 48.9 Å². The zero-order valence-corrected chi connectivity index (χ0v) is 14.7. The Bertz CT molecular complexity index is 667. The minimum atomic E-state index is -3.61. The molecule has 2 aromatic rings. The summed E-state index contributed by atoms with van der Waals surface area (Å²) in [7, 11) is -3.61. The van der Waals surface area contributed by atoms with Crippen molar-refractivity contribution in [2.24, 2.45) is 0 Å². The van der Waals surface area contributed by atoms with Crippen molar-refractivity contribution in [3.63, 3.8) is 0 Å². The van der Waals surface area contributed by atoms with Gasteiger partial charge in [-0.1, -0.05) is 13.0 Å². The molecule has 110 valence electrons. The molecule has 0 aliphatic heterocycles. The van der Waals surface area contributed by atoms with Crippen LogP contribution < -0.4 is 0 Å². The molecule has 0 N–H and O–H groups in total. The van der Waals surface area contributed by atoms with Crippen molar-refractivity contribution in [2.45, 2.75) is 24.2 Å². The molecule has 0 aliphatic carbocycles. The number of hydrogen-bond acceptors (Lipinski definition) is 4. The molecule has 0 bridgehead atoms. The van der Waals surface area contributed by atoms with Crippen LogP contribution in [-0.4, -0.2) is 19.3 Å².